The molecule has 0 fully saturated rings. The van der Waals surface area contributed by atoms with Gasteiger partial charge in [-0.05, 0) is 30.2 Å². The fraction of sp³-hybridized carbons (Fsp3) is 0.182. The van der Waals surface area contributed by atoms with Gasteiger partial charge in [0.1, 0.15) is 5.60 Å². The van der Waals surface area contributed by atoms with Crippen molar-refractivity contribution in [3.8, 4) is 0 Å². The second kappa shape index (κ2) is 9.36. The smallest absolute Gasteiger partial charge is 0.269 e. The quantitative estimate of drug-likeness (QED) is 0.400. The first kappa shape index (κ1) is 22.6. The van der Waals surface area contributed by atoms with Crippen LogP contribution in [0.2, 0.25) is 0 Å². The molecule has 31 heavy (non-hydrogen) atoms. The molecule has 0 amide bonds. The molecule has 0 spiro atoms. The maximum absolute atomic E-state index is 13.3. The van der Waals surface area contributed by atoms with Crippen LogP contribution in [0.25, 0.3) is 0 Å². The summed E-state index contributed by atoms with van der Waals surface area (Å²) in [6.07, 6.45) is 0. The van der Waals surface area contributed by atoms with Gasteiger partial charge in [-0.3, -0.25) is 15.0 Å². The molecule has 0 saturated heterocycles. The molecular weight excluding hydrogens is 420 g/mol. The summed E-state index contributed by atoms with van der Waals surface area (Å²) < 4.78 is 27.3. The van der Waals surface area contributed by atoms with Crippen LogP contribution in [0.5, 0.6) is 0 Å². The lowest BCUT2D eigenvalue weighted by atomic mass is 9.96. The van der Waals surface area contributed by atoms with Crippen LogP contribution >= 0.6 is 0 Å². The molecular formula is C22H22N2O6S. The third-order valence-electron chi connectivity index (χ3n) is 4.66. The maximum atomic E-state index is 13.3. The summed E-state index contributed by atoms with van der Waals surface area (Å²) in [5.74, 6) is 0. The van der Waals surface area contributed by atoms with Crippen molar-refractivity contribution in [2.24, 2.45) is 0 Å². The topological polar surface area (TPSA) is 110 Å². The van der Waals surface area contributed by atoms with Crippen LogP contribution in [0.4, 0.5) is 5.69 Å². The summed E-state index contributed by atoms with van der Waals surface area (Å²) in [5, 5.41) is 21.9. The number of aliphatic hydroxyl groups is 1. The highest BCUT2D eigenvalue weighted by atomic mass is 32.2. The lowest BCUT2D eigenvalue weighted by Gasteiger charge is -2.30. The van der Waals surface area contributed by atoms with Crippen molar-refractivity contribution in [3.63, 3.8) is 0 Å². The number of hydroxylamine groups is 1. The van der Waals surface area contributed by atoms with Gasteiger partial charge in [0.05, 0.1) is 23.0 Å². The number of rotatable bonds is 9. The largest absolute Gasteiger partial charge is 0.384 e. The summed E-state index contributed by atoms with van der Waals surface area (Å²) in [6.45, 7) is 1.06. The molecule has 0 aliphatic rings. The molecule has 0 bridgehead atoms. The normalized spacial score (nSPS) is 13.6. The zero-order chi connectivity index (χ0) is 22.5. The predicted molar refractivity (Wildman–Crippen MR) is 114 cm³/mol. The Balaban J connectivity index is 1.92. The molecule has 1 N–H and O–H groups in total. The monoisotopic (exact) mass is 442 g/mol. The highest BCUT2D eigenvalue weighted by Gasteiger charge is 2.34. The minimum absolute atomic E-state index is 0.0437. The average Bonchev–Trinajstić information content (AvgIpc) is 2.78. The molecule has 0 aliphatic heterocycles. The Kier molecular flexibility index (Phi) is 6.81. The van der Waals surface area contributed by atoms with Crippen LogP contribution in [0.3, 0.4) is 0 Å². The molecule has 0 saturated carbocycles. The SMILES string of the molecule is CC(O)(CN(OCc1ccccc1)S(=O)(=O)c1ccc([N+](=O)[O-])cc1)c1ccccc1. The zero-order valence-electron chi connectivity index (χ0n) is 16.8. The average molecular weight is 442 g/mol. The van der Waals surface area contributed by atoms with E-state index in [0.717, 1.165) is 34.3 Å². The lowest BCUT2D eigenvalue weighted by molar-refractivity contribution is -0.384. The van der Waals surface area contributed by atoms with Gasteiger partial charge >= 0.3 is 0 Å². The van der Waals surface area contributed by atoms with Crippen molar-refractivity contribution in [1.82, 2.24) is 4.47 Å². The van der Waals surface area contributed by atoms with E-state index in [1.54, 1.807) is 54.6 Å². The first-order chi connectivity index (χ1) is 14.7. The Morgan fingerprint density at radius 2 is 1.52 bits per heavy atom. The summed E-state index contributed by atoms with van der Waals surface area (Å²) in [5.41, 5.74) is -0.522. The number of nitro benzene ring substituents is 1. The number of nitrogens with zero attached hydrogens (tertiary/aromatic N) is 2. The Hall–Kier alpha value is -3.11. The predicted octanol–water partition coefficient (Wildman–Crippen LogP) is 3.63. The Bertz CT molecular complexity index is 1120. The van der Waals surface area contributed by atoms with Gasteiger partial charge in [-0.1, -0.05) is 65.1 Å². The Labute approximate surface area is 180 Å². The second-order valence-electron chi connectivity index (χ2n) is 7.12. The number of hydrogen-bond acceptors (Lipinski definition) is 6. The summed E-state index contributed by atoms with van der Waals surface area (Å²) in [4.78, 5) is 15.7. The van der Waals surface area contributed by atoms with E-state index in [0.29, 0.717) is 5.56 Å². The van der Waals surface area contributed by atoms with Crippen molar-refractivity contribution in [2.75, 3.05) is 6.54 Å². The van der Waals surface area contributed by atoms with Crippen molar-refractivity contribution < 1.29 is 23.3 Å². The van der Waals surface area contributed by atoms with Crippen LogP contribution in [-0.4, -0.2) is 29.5 Å². The van der Waals surface area contributed by atoms with E-state index in [1.165, 1.54) is 6.92 Å². The summed E-state index contributed by atoms with van der Waals surface area (Å²) >= 11 is 0. The van der Waals surface area contributed by atoms with Gasteiger partial charge in [0.2, 0.25) is 0 Å². The molecule has 0 aliphatic carbocycles. The van der Waals surface area contributed by atoms with Gasteiger partial charge in [-0.15, -0.1) is 0 Å². The summed E-state index contributed by atoms with van der Waals surface area (Å²) in [6, 6.07) is 22.1. The molecule has 0 radical (unpaired) electrons. The molecule has 3 rings (SSSR count). The van der Waals surface area contributed by atoms with Crippen molar-refractivity contribution in [3.05, 3.63) is 106 Å². The first-order valence-electron chi connectivity index (χ1n) is 9.42. The first-order valence-corrected chi connectivity index (χ1v) is 10.9. The van der Waals surface area contributed by atoms with Gasteiger partial charge in [-0.25, -0.2) is 8.42 Å². The van der Waals surface area contributed by atoms with Crippen LogP contribution < -0.4 is 0 Å². The molecule has 8 nitrogen and oxygen atoms in total. The molecule has 162 valence electrons. The Morgan fingerprint density at radius 3 is 2.06 bits per heavy atom. The van der Waals surface area contributed by atoms with Crippen molar-refractivity contribution >= 4 is 15.7 Å². The lowest BCUT2D eigenvalue weighted by Crippen LogP contribution is -2.42. The minimum atomic E-state index is -4.23. The van der Waals surface area contributed by atoms with E-state index in [4.69, 9.17) is 4.84 Å². The molecule has 1 atom stereocenters. The van der Waals surface area contributed by atoms with E-state index < -0.39 is 20.5 Å². The molecule has 9 heteroatoms. The van der Waals surface area contributed by atoms with Gasteiger partial charge in [0.25, 0.3) is 15.7 Å². The zero-order valence-corrected chi connectivity index (χ0v) is 17.6. The molecule has 0 aromatic heterocycles. The Morgan fingerprint density at radius 1 is 0.968 bits per heavy atom. The third-order valence-corrected chi connectivity index (χ3v) is 6.30. The fourth-order valence-corrected chi connectivity index (χ4v) is 4.25. The number of hydrogen-bond donors (Lipinski definition) is 1. The molecule has 0 heterocycles. The number of sulfonamides is 1. The fourth-order valence-electron chi connectivity index (χ4n) is 2.92. The van der Waals surface area contributed by atoms with Crippen LogP contribution in [0.1, 0.15) is 18.1 Å². The van der Waals surface area contributed by atoms with Gasteiger partial charge in [0, 0.05) is 12.1 Å². The van der Waals surface area contributed by atoms with Crippen molar-refractivity contribution in [1.29, 1.82) is 0 Å². The number of nitro groups is 1. The second-order valence-corrected chi connectivity index (χ2v) is 8.94. The van der Waals surface area contributed by atoms with E-state index in [2.05, 4.69) is 0 Å². The minimum Gasteiger partial charge on any atom is -0.384 e. The standard InChI is InChI=1S/C22H22N2O6S/c1-22(25,19-10-6-3-7-11-19)17-23(30-16-18-8-4-2-5-9-18)31(28,29)21-14-12-20(13-15-21)24(26)27/h2-15,25H,16-17H2,1H3. The molecule has 3 aromatic rings. The maximum Gasteiger partial charge on any atom is 0.269 e. The van der Waals surface area contributed by atoms with E-state index >= 15 is 0 Å². The van der Waals surface area contributed by atoms with Crippen LogP contribution in [-0.2, 0) is 27.1 Å². The molecule has 1 unspecified atom stereocenters. The number of non-ortho nitro benzene ring substituents is 1. The highest BCUT2D eigenvalue weighted by Crippen LogP contribution is 2.27. The van der Waals surface area contributed by atoms with E-state index in [-0.39, 0.29) is 23.7 Å². The van der Waals surface area contributed by atoms with Crippen LogP contribution in [0.15, 0.2) is 89.8 Å². The highest BCUT2D eigenvalue weighted by molar-refractivity contribution is 7.89. The van der Waals surface area contributed by atoms with E-state index in [1.807, 2.05) is 6.07 Å². The van der Waals surface area contributed by atoms with E-state index in [9.17, 15) is 23.6 Å². The summed E-state index contributed by atoms with van der Waals surface area (Å²) in [7, 11) is -4.23. The number of benzene rings is 3. The van der Waals surface area contributed by atoms with Gasteiger partial charge < -0.3 is 5.11 Å². The van der Waals surface area contributed by atoms with Crippen LogP contribution in [0, 0.1) is 10.1 Å². The third kappa shape index (κ3) is 5.53. The van der Waals surface area contributed by atoms with Gasteiger partial charge in [0.15, 0.2) is 0 Å². The van der Waals surface area contributed by atoms with Gasteiger partial charge in [-0.2, -0.15) is 0 Å². The molecule has 3 aromatic carbocycles. The van der Waals surface area contributed by atoms with Crippen molar-refractivity contribution in [2.45, 2.75) is 24.0 Å².